The van der Waals surface area contributed by atoms with Crippen LogP contribution in [0.3, 0.4) is 0 Å². The van der Waals surface area contributed by atoms with Crippen LogP contribution in [0.15, 0.2) is 24.3 Å². The highest BCUT2D eigenvalue weighted by Gasteiger charge is 2.17. The molecule has 126 valence electrons. The van der Waals surface area contributed by atoms with Gasteiger partial charge in [0.2, 0.25) is 0 Å². The van der Waals surface area contributed by atoms with Gasteiger partial charge in [0, 0.05) is 10.8 Å². The van der Waals surface area contributed by atoms with Crippen LogP contribution in [0.5, 0.6) is 11.5 Å². The highest BCUT2D eigenvalue weighted by molar-refractivity contribution is 5.94. The predicted octanol–water partition coefficient (Wildman–Crippen LogP) is 5.82. The molecule has 0 bridgehead atoms. The van der Waals surface area contributed by atoms with Gasteiger partial charge in [-0.25, -0.2) is 0 Å². The van der Waals surface area contributed by atoms with E-state index in [1.165, 1.54) is 0 Å². The van der Waals surface area contributed by atoms with Crippen molar-refractivity contribution in [3.05, 3.63) is 35.4 Å². The molecule has 2 aromatic rings. The summed E-state index contributed by atoms with van der Waals surface area (Å²) in [4.78, 5) is 0. The number of benzene rings is 2. The first-order valence-electron chi connectivity index (χ1n) is 8.43. The van der Waals surface area contributed by atoms with E-state index < -0.39 is 0 Å². The third kappa shape index (κ3) is 4.63. The summed E-state index contributed by atoms with van der Waals surface area (Å²) in [6.07, 6.45) is 2.75. The van der Waals surface area contributed by atoms with Crippen molar-refractivity contribution in [3.63, 3.8) is 0 Å². The molecule has 0 aliphatic carbocycles. The number of aromatic hydroxyl groups is 2. The lowest BCUT2D eigenvalue weighted by Gasteiger charge is -2.20. The Morgan fingerprint density at radius 3 is 2.04 bits per heavy atom. The molecule has 23 heavy (non-hydrogen) atoms. The Labute approximate surface area is 140 Å². The van der Waals surface area contributed by atoms with Crippen LogP contribution >= 0.6 is 0 Å². The van der Waals surface area contributed by atoms with Gasteiger partial charge in [-0.3, -0.25) is 0 Å². The molecule has 0 heterocycles. The van der Waals surface area contributed by atoms with E-state index in [9.17, 15) is 10.2 Å². The second kappa shape index (κ2) is 6.07. The summed E-state index contributed by atoms with van der Waals surface area (Å²) in [5.74, 6) is 0.564. The molecule has 2 rings (SSSR count). The molecule has 0 atom stereocenters. The molecule has 0 radical (unpaired) electrons. The molecule has 0 spiro atoms. The van der Waals surface area contributed by atoms with Crippen molar-refractivity contribution in [1.82, 2.24) is 0 Å². The fraction of sp³-hybridized carbons (Fsp3) is 0.524. The van der Waals surface area contributed by atoms with Crippen LogP contribution in [0.2, 0.25) is 0 Å². The van der Waals surface area contributed by atoms with Crippen LogP contribution in [0.1, 0.15) is 59.1 Å². The maximum absolute atomic E-state index is 10.7. The van der Waals surface area contributed by atoms with Gasteiger partial charge in [0.15, 0.2) is 0 Å². The summed E-state index contributed by atoms with van der Waals surface area (Å²) in [6, 6.07) is 7.70. The van der Waals surface area contributed by atoms with E-state index in [0.717, 1.165) is 41.2 Å². The SMILES string of the molecule is CC(C)(C)CCc1cc(O)c2ccc(CC(C)(C)C)c(O)c2c1. The Bertz CT molecular complexity index is 700. The zero-order valence-corrected chi connectivity index (χ0v) is 15.3. The Hall–Kier alpha value is -1.70. The molecule has 0 fully saturated rings. The summed E-state index contributed by atoms with van der Waals surface area (Å²) < 4.78 is 0. The van der Waals surface area contributed by atoms with Gasteiger partial charge in [0.25, 0.3) is 0 Å². The summed E-state index contributed by atoms with van der Waals surface area (Å²) in [5, 5.41) is 22.5. The zero-order valence-electron chi connectivity index (χ0n) is 15.3. The molecular weight excluding hydrogens is 284 g/mol. The maximum Gasteiger partial charge on any atom is 0.126 e. The van der Waals surface area contributed by atoms with Gasteiger partial charge in [-0.05, 0) is 53.4 Å². The number of phenolic OH excluding ortho intramolecular Hbond substituents is 2. The first-order chi connectivity index (χ1) is 10.5. The fourth-order valence-electron chi connectivity index (χ4n) is 2.88. The zero-order chi connectivity index (χ0) is 17.4. The minimum absolute atomic E-state index is 0.108. The van der Waals surface area contributed by atoms with Crippen LogP contribution in [0.4, 0.5) is 0 Å². The summed E-state index contributed by atoms with van der Waals surface area (Å²) in [5.41, 5.74) is 2.38. The fourth-order valence-corrected chi connectivity index (χ4v) is 2.88. The number of hydrogen-bond acceptors (Lipinski definition) is 2. The third-order valence-corrected chi connectivity index (χ3v) is 4.11. The Morgan fingerprint density at radius 2 is 1.48 bits per heavy atom. The predicted molar refractivity (Wildman–Crippen MR) is 98.2 cm³/mol. The van der Waals surface area contributed by atoms with Crippen molar-refractivity contribution >= 4 is 10.8 Å². The first kappa shape index (κ1) is 17.7. The van der Waals surface area contributed by atoms with Crippen LogP contribution in [-0.4, -0.2) is 10.2 Å². The summed E-state index contributed by atoms with van der Waals surface area (Å²) >= 11 is 0. The molecule has 0 aromatic heterocycles. The highest BCUT2D eigenvalue weighted by atomic mass is 16.3. The number of phenols is 2. The van der Waals surface area contributed by atoms with Crippen molar-refractivity contribution in [2.45, 2.75) is 60.8 Å². The van der Waals surface area contributed by atoms with Gasteiger partial charge in [0.1, 0.15) is 11.5 Å². The van der Waals surface area contributed by atoms with Gasteiger partial charge in [-0.2, -0.15) is 0 Å². The third-order valence-electron chi connectivity index (χ3n) is 4.11. The molecule has 0 amide bonds. The quantitative estimate of drug-likeness (QED) is 0.749. The minimum Gasteiger partial charge on any atom is -0.507 e. The molecule has 0 saturated carbocycles. The van der Waals surface area contributed by atoms with Crippen molar-refractivity contribution < 1.29 is 10.2 Å². The Morgan fingerprint density at radius 1 is 0.826 bits per heavy atom. The number of aryl methyl sites for hydroxylation is 1. The Kier molecular flexibility index (Phi) is 4.66. The second-order valence-electron chi connectivity index (χ2n) is 9.08. The first-order valence-corrected chi connectivity index (χ1v) is 8.43. The van der Waals surface area contributed by atoms with Gasteiger partial charge in [-0.1, -0.05) is 53.7 Å². The van der Waals surface area contributed by atoms with Crippen LogP contribution < -0.4 is 0 Å². The van der Waals surface area contributed by atoms with E-state index >= 15 is 0 Å². The molecule has 0 aliphatic rings. The second-order valence-corrected chi connectivity index (χ2v) is 9.08. The Balaban J connectivity index is 2.45. The van der Waals surface area contributed by atoms with Crippen LogP contribution in [0, 0.1) is 10.8 Å². The molecule has 2 aromatic carbocycles. The molecule has 2 nitrogen and oxygen atoms in total. The smallest absolute Gasteiger partial charge is 0.126 e. The summed E-state index contributed by atoms with van der Waals surface area (Å²) in [7, 11) is 0. The normalized spacial score (nSPS) is 12.8. The molecular formula is C21H30O2. The average Bonchev–Trinajstić information content (AvgIpc) is 2.38. The summed E-state index contributed by atoms with van der Waals surface area (Å²) in [6.45, 7) is 13.1. The number of fused-ring (bicyclic) bond motifs is 1. The highest BCUT2D eigenvalue weighted by Crippen LogP contribution is 2.38. The topological polar surface area (TPSA) is 40.5 Å². The van der Waals surface area contributed by atoms with E-state index in [0.29, 0.717) is 5.75 Å². The van der Waals surface area contributed by atoms with E-state index in [4.69, 9.17) is 0 Å². The number of rotatable bonds is 3. The van der Waals surface area contributed by atoms with Gasteiger partial charge in [-0.15, -0.1) is 0 Å². The van der Waals surface area contributed by atoms with Crippen molar-refractivity contribution in [2.75, 3.05) is 0 Å². The van der Waals surface area contributed by atoms with E-state index in [-0.39, 0.29) is 16.6 Å². The van der Waals surface area contributed by atoms with E-state index in [1.807, 2.05) is 24.3 Å². The van der Waals surface area contributed by atoms with Gasteiger partial charge < -0.3 is 10.2 Å². The van der Waals surface area contributed by atoms with Crippen molar-refractivity contribution in [2.24, 2.45) is 10.8 Å². The maximum atomic E-state index is 10.7. The van der Waals surface area contributed by atoms with Crippen LogP contribution in [-0.2, 0) is 12.8 Å². The lowest BCUT2D eigenvalue weighted by molar-refractivity contribution is 0.378. The molecule has 0 aliphatic heterocycles. The standard InChI is InChI=1S/C21H30O2/c1-20(2,3)10-9-14-11-17-16(18(22)12-14)8-7-15(19(17)23)13-21(4,5)6/h7-8,11-12,22-23H,9-10,13H2,1-6H3. The molecule has 2 heteroatoms. The van der Waals surface area contributed by atoms with Crippen LogP contribution in [0.25, 0.3) is 10.8 Å². The minimum atomic E-state index is 0.108. The number of hydrogen-bond donors (Lipinski definition) is 2. The van der Waals surface area contributed by atoms with Crippen molar-refractivity contribution in [1.29, 1.82) is 0 Å². The average molecular weight is 314 g/mol. The lowest BCUT2D eigenvalue weighted by Crippen LogP contribution is -2.09. The molecule has 2 N–H and O–H groups in total. The van der Waals surface area contributed by atoms with E-state index in [2.05, 4.69) is 41.5 Å². The van der Waals surface area contributed by atoms with Crippen molar-refractivity contribution in [3.8, 4) is 11.5 Å². The van der Waals surface area contributed by atoms with Gasteiger partial charge >= 0.3 is 0 Å². The molecule has 0 unspecified atom stereocenters. The monoisotopic (exact) mass is 314 g/mol. The largest absolute Gasteiger partial charge is 0.507 e. The molecule has 0 saturated heterocycles. The van der Waals surface area contributed by atoms with E-state index in [1.54, 1.807) is 0 Å². The van der Waals surface area contributed by atoms with Gasteiger partial charge in [0.05, 0.1) is 0 Å². The lowest BCUT2D eigenvalue weighted by atomic mass is 9.86.